The van der Waals surface area contributed by atoms with Crippen molar-refractivity contribution in [1.29, 1.82) is 0 Å². The largest absolute Gasteiger partial charge is 0.393 e. The number of aliphatic hydroxyl groups is 1. The fraction of sp³-hybridized carbons (Fsp3) is 0.520. The number of para-hydroxylation sites is 1. The van der Waals surface area contributed by atoms with Gasteiger partial charge in [0.1, 0.15) is 0 Å². The summed E-state index contributed by atoms with van der Waals surface area (Å²) in [5.74, 6) is 0. The van der Waals surface area contributed by atoms with Gasteiger partial charge in [0.25, 0.3) is 0 Å². The van der Waals surface area contributed by atoms with Crippen LogP contribution in [0.5, 0.6) is 0 Å². The van der Waals surface area contributed by atoms with E-state index in [1.807, 2.05) is 18.2 Å². The van der Waals surface area contributed by atoms with E-state index in [4.69, 9.17) is 0 Å². The van der Waals surface area contributed by atoms with Gasteiger partial charge < -0.3 is 10.4 Å². The molecular weight excluding hydrogens is 330 g/mol. The number of unbranched alkanes of at least 4 members (excludes halogenated alkanes) is 8. The zero-order valence-electron chi connectivity index (χ0n) is 17.0. The Morgan fingerprint density at radius 3 is 1.89 bits per heavy atom. The zero-order chi connectivity index (χ0) is 19.2. The van der Waals surface area contributed by atoms with E-state index < -0.39 is 0 Å². The summed E-state index contributed by atoms with van der Waals surface area (Å²) in [6, 6.07) is 18.6. The molecule has 0 amide bonds. The summed E-state index contributed by atoms with van der Waals surface area (Å²) < 4.78 is 0. The second kappa shape index (κ2) is 13.4. The predicted octanol–water partition coefficient (Wildman–Crippen LogP) is 7.25. The first kappa shape index (κ1) is 21.5. The van der Waals surface area contributed by atoms with Crippen LogP contribution >= 0.6 is 0 Å². The Morgan fingerprint density at radius 1 is 0.704 bits per heavy atom. The molecule has 2 aromatic rings. The molecule has 2 rings (SSSR count). The van der Waals surface area contributed by atoms with E-state index in [1.54, 1.807) is 0 Å². The first-order valence-corrected chi connectivity index (χ1v) is 10.9. The number of hydrogen-bond acceptors (Lipinski definition) is 2. The Balaban J connectivity index is 1.57. The molecule has 0 fully saturated rings. The molecule has 0 spiro atoms. The fourth-order valence-electron chi connectivity index (χ4n) is 3.48. The summed E-state index contributed by atoms with van der Waals surface area (Å²) in [4.78, 5) is 0. The van der Waals surface area contributed by atoms with Crippen LogP contribution in [0.4, 0.5) is 11.4 Å². The lowest BCUT2D eigenvalue weighted by atomic mass is 10.0. The molecule has 0 aliphatic carbocycles. The Labute approximate surface area is 166 Å². The van der Waals surface area contributed by atoms with Gasteiger partial charge in [0.2, 0.25) is 0 Å². The van der Waals surface area contributed by atoms with E-state index in [0.717, 1.165) is 30.6 Å². The molecule has 0 saturated carbocycles. The van der Waals surface area contributed by atoms with E-state index in [0.29, 0.717) is 0 Å². The van der Waals surface area contributed by atoms with Crippen molar-refractivity contribution < 1.29 is 5.11 Å². The Bertz CT molecular complexity index is 593. The van der Waals surface area contributed by atoms with Gasteiger partial charge in [-0.05, 0) is 42.7 Å². The first-order chi connectivity index (χ1) is 13.3. The molecular formula is C25H37NO. The van der Waals surface area contributed by atoms with Crippen LogP contribution in [-0.2, 0) is 6.42 Å². The highest BCUT2D eigenvalue weighted by molar-refractivity contribution is 5.59. The van der Waals surface area contributed by atoms with E-state index in [-0.39, 0.29) is 6.10 Å². The van der Waals surface area contributed by atoms with Gasteiger partial charge >= 0.3 is 0 Å². The van der Waals surface area contributed by atoms with Crippen molar-refractivity contribution in [3.8, 4) is 0 Å². The zero-order valence-corrected chi connectivity index (χ0v) is 17.0. The van der Waals surface area contributed by atoms with Crippen molar-refractivity contribution in [3.63, 3.8) is 0 Å². The minimum Gasteiger partial charge on any atom is -0.393 e. The van der Waals surface area contributed by atoms with Crippen molar-refractivity contribution in [2.75, 3.05) is 5.32 Å². The monoisotopic (exact) mass is 367 g/mol. The van der Waals surface area contributed by atoms with Gasteiger partial charge in [0, 0.05) is 11.4 Å². The number of aliphatic hydroxyl groups excluding tert-OH is 1. The maximum atomic E-state index is 10.3. The van der Waals surface area contributed by atoms with Crippen molar-refractivity contribution in [1.82, 2.24) is 0 Å². The van der Waals surface area contributed by atoms with Gasteiger partial charge in [-0.15, -0.1) is 0 Å². The summed E-state index contributed by atoms with van der Waals surface area (Å²) in [6.07, 6.45) is 13.4. The van der Waals surface area contributed by atoms with Crippen LogP contribution in [0.1, 0.15) is 76.7 Å². The third-order valence-electron chi connectivity index (χ3n) is 5.13. The standard InChI is InChI=1S/C25H37NO/c1-2-3-4-5-6-7-8-9-13-16-25(27)21-22-17-19-24(20-18-22)26-23-14-11-10-12-15-23/h10-12,14-15,17-20,25-27H,2-9,13,16,21H2,1H3. The third kappa shape index (κ3) is 9.63. The molecule has 148 valence electrons. The number of benzene rings is 2. The van der Waals surface area contributed by atoms with Crippen LogP contribution in [0.3, 0.4) is 0 Å². The lowest BCUT2D eigenvalue weighted by Crippen LogP contribution is -2.10. The third-order valence-corrected chi connectivity index (χ3v) is 5.13. The highest BCUT2D eigenvalue weighted by Gasteiger charge is 2.06. The smallest absolute Gasteiger partial charge is 0.0580 e. The van der Waals surface area contributed by atoms with Gasteiger partial charge in [0.15, 0.2) is 0 Å². The summed E-state index contributed by atoms with van der Waals surface area (Å²) in [5.41, 5.74) is 3.38. The normalized spacial score (nSPS) is 12.1. The van der Waals surface area contributed by atoms with Gasteiger partial charge in [-0.25, -0.2) is 0 Å². The van der Waals surface area contributed by atoms with Crippen LogP contribution in [0, 0.1) is 0 Å². The highest BCUT2D eigenvalue weighted by Crippen LogP contribution is 2.18. The quantitative estimate of drug-likeness (QED) is 0.344. The van der Waals surface area contributed by atoms with E-state index in [2.05, 4.69) is 48.6 Å². The molecule has 2 heteroatoms. The summed E-state index contributed by atoms with van der Waals surface area (Å²) >= 11 is 0. The Kier molecular flexibility index (Phi) is 10.7. The molecule has 0 aliphatic heterocycles. The molecule has 2 N–H and O–H groups in total. The van der Waals surface area contributed by atoms with Crippen molar-refractivity contribution >= 4 is 11.4 Å². The SMILES string of the molecule is CCCCCCCCCCCC(O)Cc1ccc(Nc2ccccc2)cc1. The average Bonchev–Trinajstić information content (AvgIpc) is 2.69. The Morgan fingerprint density at radius 2 is 1.26 bits per heavy atom. The number of hydrogen-bond donors (Lipinski definition) is 2. The number of nitrogens with one attached hydrogen (secondary N) is 1. The Hall–Kier alpha value is -1.80. The van der Waals surface area contributed by atoms with Crippen LogP contribution < -0.4 is 5.32 Å². The topological polar surface area (TPSA) is 32.3 Å². The minimum atomic E-state index is -0.220. The van der Waals surface area contributed by atoms with Gasteiger partial charge in [-0.2, -0.15) is 0 Å². The minimum absolute atomic E-state index is 0.220. The number of rotatable bonds is 14. The molecule has 0 saturated heterocycles. The van der Waals surface area contributed by atoms with Gasteiger partial charge in [-0.1, -0.05) is 95.0 Å². The highest BCUT2D eigenvalue weighted by atomic mass is 16.3. The van der Waals surface area contributed by atoms with E-state index in [9.17, 15) is 5.11 Å². The molecule has 0 heterocycles. The van der Waals surface area contributed by atoms with Gasteiger partial charge in [0.05, 0.1) is 6.10 Å². The molecule has 0 bridgehead atoms. The van der Waals surface area contributed by atoms with Crippen LogP contribution in [0.15, 0.2) is 54.6 Å². The molecule has 0 aromatic heterocycles. The number of anilines is 2. The molecule has 0 aliphatic rings. The van der Waals surface area contributed by atoms with Crippen LogP contribution in [0.25, 0.3) is 0 Å². The molecule has 1 unspecified atom stereocenters. The van der Waals surface area contributed by atoms with Crippen LogP contribution in [0.2, 0.25) is 0 Å². The molecule has 1 atom stereocenters. The second-order valence-corrected chi connectivity index (χ2v) is 7.66. The summed E-state index contributed by atoms with van der Waals surface area (Å²) in [7, 11) is 0. The maximum Gasteiger partial charge on any atom is 0.0580 e. The molecule has 2 aromatic carbocycles. The molecule has 27 heavy (non-hydrogen) atoms. The van der Waals surface area contributed by atoms with Gasteiger partial charge in [-0.3, -0.25) is 0 Å². The summed E-state index contributed by atoms with van der Waals surface area (Å²) in [6.45, 7) is 2.27. The first-order valence-electron chi connectivity index (χ1n) is 10.9. The summed E-state index contributed by atoms with van der Waals surface area (Å²) in [5, 5.41) is 13.7. The predicted molar refractivity (Wildman–Crippen MR) is 118 cm³/mol. The average molecular weight is 368 g/mol. The van der Waals surface area contributed by atoms with Crippen molar-refractivity contribution in [2.45, 2.75) is 83.7 Å². The maximum absolute atomic E-state index is 10.3. The molecule has 0 radical (unpaired) electrons. The van der Waals surface area contributed by atoms with E-state index in [1.165, 1.54) is 56.9 Å². The molecule has 2 nitrogen and oxygen atoms in total. The van der Waals surface area contributed by atoms with Crippen molar-refractivity contribution in [3.05, 3.63) is 60.2 Å². The van der Waals surface area contributed by atoms with Crippen molar-refractivity contribution in [2.24, 2.45) is 0 Å². The van der Waals surface area contributed by atoms with E-state index >= 15 is 0 Å². The fourth-order valence-corrected chi connectivity index (χ4v) is 3.48. The second-order valence-electron chi connectivity index (χ2n) is 7.66. The van der Waals surface area contributed by atoms with Crippen LogP contribution in [-0.4, -0.2) is 11.2 Å². The lowest BCUT2D eigenvalue weighted by molar-refractivity contribution is 0.161. The lowest BCUT2D eigenvalue weighted by Gasteiger charge is -2.12.